The minimum absolute atomic E-state index is 0.171. The number of carbonyl (C=O) groups is 1. The molecule has 3 nitrogen and oxygen atoms in total. The van der Waals surface area contributed by atoms with Crippen LogP contribution >= 0.6 is 46.4 Å². The second-order valence-electron chi connectivity index (χ2n) is 4.83. The Balaban J connectivity index is 1.76. The third-order valence-corrected chi connectivity index (χ3v) is 4.21. The zero-order valence-electron chi connectivity index (χ0n) is 12.0. The minimum Gasteiger partial charge on any atom is -0.324 e. The number of amides is 1. The molecule has 0 aliphatic carbocycles. The average molecular weight is 392 g/mol. The molecule has 0 radical (unpaired) electrons. The maximum Gasteiger partial charge on any atom is 0.238 e. The first-order valence-corrected chi connectivity index (χ1v) is 8.36. The maximum absolute atomic E-state index is 11.9. The third kappa shape index (κ3) is 5.87. The number of carbonyl (C=O) groups excluding carboxylic acids is 1. The van der Waals surface area contributed by atoms with Crippen molar-refractivity contribution < 1.29 is 4.79 Å². The van der Waals surface area contributed by atoms with Gasteiger partial charge in [0.05, 0.1) is 17.3 Å². The van der Waals surface area contributed by atoms with Crippen molar-refractivity contribution in [3.05, 3.63) is 62.1 Å². The number of hydrogen-bond donors (Lipinski definition) is 2. The third-order valence-electron chi connectivity index (χ3n) is 3.08. The number of anilines is 1. The van der Waals surface area contributed by atoms with Crippen LogP contribution in [-0.4, -0.2) is 19.0 Å². The number of benzene rings is 2. The van der Waals surface area contributed by atoms with Gasteiger partial charge in [-0.3, -0.25) is 4.79 Å². The summed E-state index contributed by atoms with van der Waals surface area (Å²) in [4.78, 5) is 11.9. The van der Waals surface area contributed by atoms with Gasteiger partial charge in [0.1, 0.15) is 0 Å². The molecule has 0 saturated heterocycles. The number of halogens is 4. The molecule has 0 aromatic heterocycles. The lowest BCUT2D eigenvalue weighted by Gasteiger charge is -2.09. The molecule has 0 fully saturated rings. The summed E-state index contributed by atoms with van der Waals surface area (Å²) in [5, 5.41) is 7.92. The molecule has 122 valence electrons. The summed E-state index contributed by atoms with van der Waals surface area (Å²) in [5.41, 5.74) is 1.51. The van der Waals surface area contributed by atoms with Crippen LogP contribution in [0.2, 0.25) is 20.1 Å². The molecule has 2 aromatic carbocycles. The van der Waals surface area contributed by atoms with Crippen LogP contribution in [0, 0.1) is 0 Å². The highest BCUT2D eigenvalue weighted by atomic mass is 35.5. The molecule has 0 bridgehead atoms. The molecule has 1 amide bonds. The lowest BCUT2D eigenvalue weighted by Crippen LogP contribution is -2.29. The molecule has 2 aromatic rings. The maximum atomic E-state index is 11.9. The summed E-state index contributed by atoms with van der Waals surface area (Å²) in [5.74, 6) is -0.184. The van der Waals surface area contributed by atoms with E-state index in [1.807, 2.05) is 6.07 Å². The summed E-state index contributed by atoms with van der Waals surface area (Å²) >= 11 is 23.7. The van der Waals surface area contributed by atoms with Gasteiger partial charge >= 0.3 is 0 Å². The van der Waals surface area contributed by atoms with E-state index in [-0.39, 0.29) is 12.5 Å². The van der Waals surface area contributed by atoms with E-state index in [9.17, 15) is 4.79 Å². The fraction of sp³-hybridized carbons (Fsp3) is 0.188. The highest BCUT2D eigenvalue weighted by molar-refractivity contribution is 6.36. The molecule has 7 heteroatoms. The van der Waals surface area contributed by atoms with Crippen LogP contribution in [0.15, 0.2) is 36.4 Å². The molecule has 0 saturated carbocycles. The second kappa shape index (κ2) is 8.76. The molecule has 0 aliphatic heterocycles. The molecule has 0 atom stereocenters. The highest BCUT2D eigenvalue weighted by Gasteiger charge is 2.06. The Morgan fingerprint density at radius 2 is 1.57 bits per heavy atom. The van der Waals surface area contributed by atoms with Gasteiger partial charge in [0.25, 0.3) is 0 Å². The van der Waals surface area contributed by atoms with Gasteiger partial charge in [0.2, 0.25) is 5.91 Å². The van der Waals surface area contributed by atoms with Gasteiger partial charge in [-0.25, -0.2) is 0 Å². The van der Waals surface area contributed by atoms with Gasteiger partial charge in [-0.1, -0.05) is 52.5 Å². The van der Waals surface area contributed by atoms with Gasteiger partial charge in [0.15, 0.2) is 0 Å². The van der Waals surface area contributed by atoms with Crippen molar-refractivity contribution in [2.45, 2.75) is 6.42 Å². The Bertz CT molecular complexity index is 706. The zero-order chi connectivity index (χ0) is 16.8. The Kier molecular flexibility index (Phi) is 7.00. The summed E-state index contributed by atoms with van der Waals surface area (Å²) in [7, 11) is 0. The number of nitrogens with one attached hydrogen (secondary N) is 2. The average Bonchev–Trinajstić information content (AvgIpc) is 2.48. The quantitative estimate of drug-likeness (QED) is 0.674. The molecular formula is C16H14Cl4N2O. The smallest absolute Gasteiger partial charge is 0.238 e. The van der Waals surface area contributed by atoms with Crippen molar-refractivity contribution in [1.82, 2.24) is 5.32 Å². The molecule has 0 aliphatic rings. The number of rotatable bonds is 6. The molecule has 2 rings (SSSR count). The minimum atomic E-state index is -0.184. The summed E-state index contributed by atoms with van der Waals surface area (Å²) in [6.45, 7) is 0.785. The van der Waals surface area contributed by atoms with Gasteiger partial charge in [-0.2, -0.15) is 0 Å². The topological polar surface area (TPSA) is 41.1 Å². The van der Waals surface area contributed by atoms with Crippen molar-refractivity contribution in [3.8, 4) is 0 Å². The summed E-state index contributed by atoms with van der Waals surface area (Å²) in [6.07, 6.45) is 0.699. The van der Waals surface area contributed by atoms with Gasteiger partial charge in [0, 0.05) is 15.1 Å². The zero-order valence-corrected chi connectivity index (χ0v) is 15.0. The fourth-order valence-electron chi connectivity index (χ4n) is 1.93. The van der Waals surface area contributed by atoms with Crippen LogP contribution < -0.4 is 10.6 Å². The monoisotopic (exact) mass is 390 g/mol. The SMILES string of the molecule is O=C(CNCCc1ccc(Cl)cc1Cl)Nc1ccc(Cl)cc1Cl. The van der Waals surface area contributed by atoms with Crippen molar-refractivity contribution in [2.75, 3.05) is 18.4 Å². The molecule has 2 N–H and O–H groups in total. The van der Waals surface area contributed by atoms with E-state index in [2.05, 4.69) is 10.6 Å². The molecule has 0 spiro atoms. The van der Waals surface area contributed by atoms with Crippen molar-refractivity contribution >= 4 is 58.0 Å². The summed E-state index contributed by atoms with van der Waals surface area (Å²) < 4.78 is 0. The fourth-order valence-corrected chi connectivity index (χ4v) is 2.89. The van der Waals surface area contributed by atoms with E-state index in [0.717, 1.165) is 5.56 Å². The van der Waals surface area contributed by atoms with Crippen LogP contribution in [0.3, 0.4) is 0 Å². The van der Waals surface area contributed by atoms with Crippen LogP contribution in [0.4, 0.5) is 5.69 Å². The van der Waals surface area contributed by atoms with Crippen LogP contribution in [0.1, 0.15) is 5.56 Å². The van der Waals surface area contributed by atoms with E-state index in [1.54, 1.807) is 30.3 Å². The second-order valence-corrected chi connectivity index (χ2v) is 6.52. The lowest BCUT2D eigenvalue weighted by atomic mass is 10.1. The van der Waals surface area contributed by atoms with Crippen LogP contribution in [-0.2, 0) is 11.2 Å². The van der Waals surface area contributed by atoms with Crippen molar-refractivity contribution in [1.29, 1.82) is 0 Å². The first-order chi connectivity index (χ1) is 11.0. The predicted molar refractivity (Wildman–Crippen MR) is 98.1 cm³/mol. The van der Waals surface area contributed by atoms with E-state index in [1.165, 1.54) is 0 Å². The first-order valence-electron chi connectivity index (χ1n) is 6.85. The Labute approximate surface area is 154 Å². The van der Waals surface area contributed by atoms with E-state index < -0.39 is 0 Å². The largest absolute Gasteiger partial charge is 0.324 e. The van der Waals surface area contributed by atoms with Crippen LogP contribution in [0.5, 0.6) is 0 Å². The van der Waals surface area contributed by atoms with Gasteiger partial charge in [-0.05, 0) is 48.9 Å². The van der Waals surface area contributed by atoms with Crippen molar-refractivity contribution in [3.63, 3.8) is 0 Å². The lowest BCUT2D eigenvalue weighted by molar-refractivity contribution is -0.115. The number of hydrogen-bond acceptors (Lipinski definition) is 2. The standard InChI is InChI=1S/C16H14Cl4N2O/c17-11-2-1-10(13(19)7-11)5-6-21-9-16(23)22-15-4-3-12(18)8-14(15)20/h1-4,7-8,21H,5-6,9H2,(H,22,23). The summed E-state index contributed by atoms with van der Waals surface area (Å²) in [6, 6.07) is 10.3. The first kappa shape index (κ1) is 18.4. The van der Waals surface area contributed by atoms with E-state index in [0.29, 0.717) is 38.7 Å². The van der Waals surface area contributed by atoms with E-state index >= 15 is 0 Å². The van der Waals surface area contributed by atoms with E-state index in [4.69, 9.17) is 46.4 Å². The molecule has 0 unspecified atom stereocenters. The molecule has 0 heterocycles. The Morgan fingerprint density at radius 3 is 2.22 bits per heavy atom. The predicted octanol–water partition coefficient (Wildman–Crippen LogP) is 5.07. The van der Waals surface area contributed by atoms with Gasteiger partial charge < -0.3 is 10.6 Å². The van der Waals surface area contributed by atoms with Crippen molar-refractivity contribution in [2.24, 2.45) is 0 Å². The Hall–Kier alpha value is -0.970. The molecular weight excluding hydrogens is 378 g/mol. The molecule has 23 heavy (non-hydrogen) atoms. The normalized spacial score (nSPS) is 10.6. The van der Waals surface area contributed by atoms with Gasteiger partial charge in [-0.15, -0.1) is 0 Å². The Morgan fingerprint density at radius 1 is 0.913 bits per heavy atom. The highest BCUT2D eigenvalue weighted by Crippen LogP contribution is 2.25. The van der Waals surface area contributed by atoms with Crippen LogP contribution in [0.25, 0.3) is 0 Å².